The number of amides is 1. The summed E-state index contributed by atoms with van der Waals surface area (Å²) in [6.45, 7) is 2.50. The van der Waals surface area contributed by atoms with Crippen LogP contribution in [-0.2, 0) is 4.79 Å². The molecular formula is C20H21N3O4. The van der Waals surface area contributed by atoms with Gasteiger partial charge in [0.15, 0.2) is 17.2 Å². The van der Waals surface area contributed by atoms with E-state index >= 15 is 0 Å². The van der Waals surface area contributed by atoms with Crippen molar-refractivity contribution in [1.82, 2.24) is 0 Å². The molecule has 0 aromatic heterocycles. The summed E-state index contributed by atoms with van der Waals surface area (Å²) in [6, 6.07) is 11.0. The third-order valence-corrected chi connectivity index (χ3v) is 4.30. The maximum absolute atomic E-state index is 12.6. The molecule has 0 fully saturated rings. The lowest BCUT2D eigenvalue weighted by Crippen LogP contribution is -2.29. The molecule has 0 saturated carbocycles. The van der Waals surface area contributed by atoms with Crippen molar-refractivity contribution >= 4 is 23.5 Å². The topological polar surface area (TPSA) is 72.7 Å². The smallest absolute Gasteiger partial charge is 0.279 e. The standard InChI is InChI=1S/C20H21N3O4/c1-5-23-15-9-7-6-8-14(15)19(20(23)24)22-21-12-13-10-17(26-3)18(27-4)11-16(13)25-2/h6-12H,5H2,1-4H3/b21-12-,22-19+. The van der Waals surface area contributed by atoms with Crippen LogP contribution in [0, 0.1) is 0 Å². The second kappa shape index (κ2) is 7.90. The number of carbonyl (C=O) groups excluding carboxylic acids is 1. The maximum Gasteiger partial charge on any atom is 0.279 e. The Morgan fingerprint density at radius 2 is 1.67 bits per heavy atom. The molecule has 0 bridgehead atoms. The summed E-state index contributed by atoms with van der Waals surface area (Å²) in [5, 5.41) is 8.30. The first kappa shape index (κ1) is 18.4. The molecule has 3 rings (SSSR count). The molecular weight excluding hydrogens is 346 g/mol. The van der Waals surface area contributed by atoms with E-state index in [2.05, 4.69) is 10.2 Å². The van der Waals surface area contributed by atoms with E-state index in [1.807, 2.05) is 31.2 Å². The first-order chi connectivity index (χ1) is 13.1. The van der Waals surface area contributed by atoms with Gasteiger partial charge >= 0.3 is 0 Å². The summed E-state index contributed by atoms with van der Waals surface area (Å²) in [5.41, 5.74) is 2.61. The number of fused-ring (bicyclic) bond motifs is 1. The molecule has 1 aliphatic rings. The van der Waals surface area contributed by atoms with Crippen molar-refractivity contribution in [3.63, 3.8) is 0 Å². The van der Waals surface area contributed by atoms with Gasteiger partial charge in [-0.1, -0.05) is 18.2 Å². The zero-order valence-corrected chi connectivity index (χ0v) is 15.7. The highest BCUT2D eigenvalue weighted by Crippen LogP contribution is 2.34. The number of hydrogen-bond donors (Lipinski definition) is 0. The van der Waals surface area contributed by atoms with Crippen molar-refractivity contribution in [2.75, 3.05) is 32.8 Å². The second-order valence-corrected chi connectivity index (χ2v) is 5.71. The molecule has 27 heavy (non-hydrogen) atoms. The van der Waals surface area contributed by atoms with E-state index in [1.165, 1.54) is 6.21 Å². The van der Waals surface area contributed by atoms with Crippen LogP contribution < -0.4 is 19.1 Å². The van der Waals surface area contributed by atoms with E-state index in [-0.39, 0.29) is 5.91 Å². The van der Waals surface area contributed by atoms with Gasteiger partial charge in [0.1, 0.15) is 5.75 Å². The first-order valence-corrected chi connectivity index (χ1v) is 8.46. The summed E-state index contributed by atoms with van der Waals surface area (Å²) in [6.07, 6.45) is 1.53. The van der Waals surface area contributed by atoms with E-state index in [4.69, 9.17) is 14.2 Å². The lowest BCUT2D eigenvalue weighted by atomic mass is 10.1. The minimum atomic E-state index is -0.157. The van der Waals surface area contributed by atoms with E-state index in [1.54, 1.807) is 38.4 Å². The summed E-state index contributed by atoms with van der Waals surface area (Å²) >= 11 is 0. The van der Waals surface area contributed by atoms with Crippen LogP contribution in [0.25, 0.3) is 0 Å². The van der Waals surface area contributed by atoms with Crippen molar-refractivity contribution < 1.29 is 19.0 Å². The zero-order valence-electron chi connectivity index (χ0n) is 15.7. The molecule has 0 radical (unpaired) electrons. The molecule has 0 unspecified atom stereocenters. The molecule has 7 heteroatoms. The number of anilines is 1. The summed E-state index contributed by atoms with van der Waals surface area (Å²) in [7, 11) is 4.67. The van der Waals surface area contributed by atoms with Gasteiger partial charge in [0.25, 0.3) is 5.91 Å². The Balaban J connectivity index is 1.97. The van der Waals surface area contributed by atoms with Gasteiger partial charge < -0.3 is 19.1 Å². The highest BCUT2D eigenvalue weighted by atomic mass is 16.5. The lowest BCUT2D eigenvalue weighted by Gasteiger charge is -2.12. The third kappa shape index (κ3) is 3.36. The van der Waals surface area contributed by atoms with Gasteiger partial charge in [0, 0.05) is 23.7 Å². The molecule has 2 aromatic rings. The molecule has 140 valence electrons. The number of carbonyl (C=O) groups is 1. The van der Waals surface area contributed by atoms with Crippen LogP contribution in [0.5, 0.6) is 17.2 Å². The zero-order chi connectivity index (χ0) is 19.4. The Labute approximate surface area is 157 Å². The highest BCUT2D eigenvalue weighted by Gasteiger charge is 2.32. The Morgan fingerprint density at radius 1 is 1.00 bits per heavy atom. The molecule has 0 aliphatic carbocycles. The summed E-state index contributed by atoms with van der Waals surface area (Å²) in [5.74, 6) is 1.50. The molecule has 1 amide bonds. The molecule has 0 atom stereocenters. The SMILES string of the molecule is CCN1C(=O)/C(=N/N=C\c2cc(OC)c(OC)cc2OC)c2ccccc21. The van der Waals surface area contributed by atoms with E-state index in [0.717, 1.165) is 11.3 Å². The van der Waals surface area contributed by atoms with Crippen LogP contribution in [0.1, 0.15) is 18.1 Å². The minimum absolute atomic E-state index is 0.157. The van der Waals surface area contributed by atoms with Gasteiger partial charge in [-0.3, -0.25) is 4.79 Å². The van der Waals surface area contributed by atoms with Gasteiger partial charge in [0.2, 0.25) is 0 Å². The monoisotopic (exact) mass is 367 g/mol. The number of nitrogens with zero attached hydrogens (tertiary/aromatic N) is 3. The number of ether oxygens (including phenoxy) is 3. The lowest BCUT2D eigenvalue weighted by molar-refractivity contribution is -0.112. The first-order valence-electron chi connectivity index (χ1n) is 8.46. The number of benzene rings is 2. The molecule has 1 heterocycles. The van der Waals surface area contributed by atoms with Crippen LogP contribution in [0.3, 0.4) is 0 Å². The fourth-order valence-corrected chi connectivity index (χ4v) is 2.97. The van der Waals surface area contributed by atoms with E-state index < -0.39 is 0 Å². The number of methoxy groups -OCH3 is 3. The predicted octanol–water partition coefficient (Wildman–Crippen LogP) is 2.90. The van der Waals surface area contributed by atoms with Crippen molar-refractivity contribution in [3.05, 3.63) is 47.5 Å². The van der Waals surface area contributed by atoms with Crippen LogP contribution in [0.15, 0.2) is 46.6 Å². The van der Waals surface area contributed by atoms with Gasteiger partial charge in [-0.2, -0.15) is 5.10 Å². The largest absolute Gasteiger partial charge is 0.496 e. The molecule has 2 aromatic carbocycles. The van der Waals surface area contributed by atoms with Crippen molar-refractivity contribution in [2.45, 2.75) is 6.92 Å². The average Bonchev–Trinajstić information content (AvgIpc) is 2.98. The van der Waals surface area contributed by atoms with Gasteiger partial charge in [-0.25, -0.2) is 0 Å². The second-order valence-electron chi connectivity index (χ2n) is 5.71. The molecule has 0 saturated heterocycles. The van der Waals surface area contributed by atoms with E-state index in [0.29, 0.717) is 35.1 Å². The Hall–Kier alpha value is -3.35. The third-order valence-electron chi connectivity index (χ3n) is 4.30. The van der Waals surface area contributed by atoms with Gasteiger partial charge in [-0.05, 0) is 19.1 Å². The van der Waals surface area contributed by atoms with Gasteiger partial charge in [0.05, 0.1) is 33.2 Å². The minimum Gasteiger partial charge on any atom is -0.496 e. The molecule has 7 nitrogen and oxygen atoms in total. The predicted molar refractivity (Wildman–Crippen MR) is 105 cm³/mol. The van der Waals surface area contributed by atoms with E-state index in [9.17, 15) is 4.79 Å². The number of para-hydroxylation sites is 1. The fraction of sp³-hybridized carbons (Fsp3) is 0.250. The summed E-state index contributed by atoms with van der Waals surface area (Å²) < 4.78 is 16.0. The highest BCUT2D eigenvalue weighted by molar-refractivity contribution is 6.54. The Morgan fingerprint density at radius 3 is 2.33 bits per heavy atom. The molecule has 0 spiro atoms. The maximum atomic E-state index is 12.6. The number of likely N-dealkylation sites (N-methyl/N-ethyl adjacent to an activating group) is 1. The molecule has 0 N–H and O–H groups in total. The van der Waals surface area contributed by atoms with Crippen LogP contribution in [-0.4, -0.2) is 45.7 Å². The quantitative estimate of drug-likeness (QED) is 0.581. The molecule has 1 aliphatic heterocycles. The van der Waals surface area contributed by atoms with Crippen molar-refractivity contribution in [1.29, 1.82) is 0 Å². The van der Waals surface area contributed by atoms with Crippen LogP contribution in [0.2, 0.25) is 0 Å². The van der Waals surface area contributed by atoms with Crippen molar-refractivity contribution in [2.24, 2.45) is 10.2 Å². The average molecular weight is 367 g/mol. The van der Waals surface area contributed by atoms with Crippen molar-refractivity contribution in [3.8, 4) is 17.2 Å². The van der Waals surface area contributed by atoms with Gasteiger partial charge in [-0.15, -0.1) is 5.10 Å². The Kier molecular flexibility index (Phi) is 5.40. The number of hydrogen-bond acceptors (Lipinski definition) is 6. The number of rotatable bonds is 6. The van der Waals surface area contributed by atoms with Crippen LogP contribution >= 0.6 is 0 Å². The normalized spacial score (nSPS) is 14.7. The summed E-state index contributed by atoms with van der Waals surface area (Å²) in [4.78, 5) is 14.3. The van der Waals surface area contributed by atoms with Crippen LogP contribution in [0.4, 0.5) is 5.69 Å². The fourth-order valence-electron chi connectivity index (χ4n) is 2.97. The Bertz CT molecular complexity index is 921.